The molecule has 8 heteroatoms. The molecule has 0 atom stereocenters. The van der Waals surface area contributed by atoms with Crippen molar-refractivity contribution < 1.29 is 9.53 Å². The van der Waals surface area contributed by atoms with Gasteiger partial charge in [0.1, 0.15) is 11.9 Å². The maximum Gasteiger partial charge on any atom is 0.223 e. The first-order valence-corrected chi connectivity index (χ1v) is 9.31. The molecule has 1 N–H and O–H groups in total. The Balaban J connectivity index is 1.27. The maximum atomic E-state index is 12.5. The molecule has 0 aromatic carbocycles. The number of aryl methyl sites for hydroxylation is 1. The molecule has 1 amide bonds. The predicted molar refractivity (Wildman–Crippen MR) is 98.1 cm³/mol. The average molecular weight is 366 g/mol. The molecule has 0 bridgehead atoms. The van der Waals surface area contributed by atoms with Crippen LogP contribution in [0.3, 0.4) is 0 Å². The van der Waals surface area contributed by atoms with Crippen molar-refractivity contribution in [2.75, 3.05) is 24.6 Å². The Morgan fingerprint density at radius 1 is 1.33 bits per heavy atom. The van der Waals surface area contributed by atoms with Crippen molar-refractivity contribution in [1.82, 2.24) is 20.1 Å². The van der Waals surface area contributed by atoms with Gasteiger partial charge in [0.2, 0.25) is 11.8 Å². The number of hydrogen-bond donors (Lipinski definition) is 1. The van der Waals surface area contributed by atoms with Crippen LogP contribution in [0.4, 0.5) is 5.82 Å². The number of piperidine rings is 1. The second-order valence-corrected chi connectivity index (χ2v) is 6.90. The van der Waals surface area contributed by atoms with Crippen molar-refractivity contribution in [3.05, 3.63) is 35.7 Å². The van der Waals surface area contributed by atoms with Gasteiger partial charge in [0.15, 0.2) is 0 Å². The van der Waals surface area contributed by atoms with Crippen LogP contribution in [0.2, 0.25) is 0 Å². The van der Waals surface area contributed by atoms with Crippen LogP contribution in [-0.4, -0.2) is 40.4 Å². The first-order chi connectivity index (χ1) is 13.2. The summed E-state index contributed by atoms with van der Waals surface area (Å²) < 4.78 is 7.41. The van der Waals surface area contributed by atoms with Crippen LogP contribution in [0.15, 0.2) is 24.4 Å². The van der Waals surface area contributed by atoms with Gasteiger partial charge in [-0.1, -0.05) is 0 Å². The fourth-order valence-corrected chi connectivity index (χ4v) is 3.54. The summed E-state index contributed by atoms with van der Waals surface area (Å²) in [6.07, 6.45) is 4.13. The number of nitrogens with one attached hydrogen (secondary N) is 1. The Kier molecular flexibility index (Phi) is 4.92. The zero-order chi connectivity index (χ0) is 18.6. The van der Waals surface area contributed by atoms with Crippen molar-refractivity contribution in [2.24, 2.45) is 5.92 Å². The smallest absolute Gasteiger partial charge is 0.223 e. The second-order valence-electron chi connectivity index (χ2n) is 6.90. The quantitative estimate of drug-likeness (QED) is 0.880. The number of amides is 1. The van der Waals surface area contributed by atoms with Gasteiger partial charge in [0.05, 0.1) is 24.4 Å². The fourth-order valence-electron chi connectivity index (χ4n) is 3.54. The number of nitrogens with zero attached hydrogens (tertiary/aromatic N) is 5. The van der Waals surface area contributed by atoms with Crippen molar-refractivity contribution in [3.8, 4) is 11.9 Å². The molecule has 4 rings (SSSR count). The summed E-state index contributed by atoms with van der Waals surface area (Å²) in [4.78, 5) is 19.0. The number of fused-ring (bicyclic) bond motifs is 1. The fraction of sp³-hybridized carbons (Fsp3) is 0.474. The molecule has 27 heavy (non-hydrogen) atoms. The van der Waals surface area contributed by atoms with Crippen molar-refractivity contribution in [2.45, 2.75) is 32.4 Å². The van der Waals surface area contributed by atoms with Gasteiger partial charge in [-0.2, -0.15) is 10.4 Å². The van der Waals surface area contributed by atoms with E-state index in [9.17, 15) is 4.79 Å². The van der Waals surface area contributed by atoms with Gasteiger partial charge in [-0.15, -0.1) is 0 Å². The Hall–Kier alpha value is -3.08. The van der Waals surface area contributed by atoms with E-state index in [1.807, 2.05) is 16.8 Å². The maximum absolute atomic E-state index is 12.5. The molecule has 1 fully saturated rings. The summed E-state index contributed by atoms with van der Waals surface area (Å²) in [6, 6.07) is 7.61. The van der Waals surface area contributed by atoms with E-state index in [1.54, 1.807) is 12.3 Å². The van der Waals surface area contributed by atoms with Gasteiger partial charge < -0.3 is 15.0 Å². The highest BCUT2D eigenvalue weighted by atomic mass is 16.5. The highest BCUT2D eigenvalue weighted by Crippen LogP contribution is 2.22. The summed E-state index contributed by atoms with van der Waals surface area (Å²) >= 11 is 0. The highest BCUT2D eigenvalue weighted by Gasteiger charge is 2.25. The van der Waals surface area contributed by atoms with Crippen molar-refractivity contribution in [1.29, 1.82) is 5.26 Å². The van der Waals surface area contributed by atoms with Gasteiger partial charge in [-0.3, -0.25) is 4.79 Å². The van der Waals surface area contributed by atoms with Crippen LogP contribution >= 0.6 is 0 Å². The molecule has 0 radical (unpaired) electrons. The standard InChI is InChI=1S/C19H22N6O2/c20-11-14-2-3-17(21-12-14)24-7-4-15(5-8-24)19(26)22-13-16-10-18-25(23-16)6-1-9-27-18/h2-3,10,12,15H,1,4-9,13H2,(H,22,26). The molecule has 0 unspecified atom stereocenters. The lowest BCUT2D eigenvalue weighted by atomic mass is 9.96. The van der Waals surface area contributed by atoms with Gasteiger partial charge in [0.25, 0.3) is 0 Å². The van der Waals surface area contributed by atoms with Crippen LogP contribution in [0.25, 0.3) is 0 Å². The lowest BCUT2D eigenvalue weighted by Gasteiger charge is -2.32. The van der Waals surface area contributed by atoms with Gasteiger partial charge >= 0.3 is 0 Å². The molecule has 2 aliphatic rings. The molecule has 4 heterocycles. The number of anilines is 1. The van der Waals surface area contributed by atoms with E-state index in [0.29, 0.717) is 12.1 Å². The second kappa shape index (κ2) is 7.66. The van der Waals surface area contributed by atoms with Crippen LogP contribution in [0.1, 0.15) is 30.5 Å². The number of pyridine rings is 1. The number of hydrogen-bond acceptors (Lipinski definition) is 6. The highest BCUT2D eigenvalue weighted by molar-refractivity contribution is 5.78. The number of aromatic nitrogens is 3. The Morgan fingerprint density at radius 2 is 2.19 bits per heavy atom. The van der Waals surface area contributed by atoms with Crippen LogP contribution in [0.5, 0.6) is 5.88 Å². The van der Waals surface area contributed by atoms with E-state index in [4.69, 9.17) is 10.00 Å². The molecule has 0 spiro atoms. The number of carbonyl (C=O) groups excluding carboxylic acids is 1. The summed E-state index contributed by atoms with van der Waals surface area (Å²) in [5.74, 6) is 1.73. The summed E-state index contributed by atoms with van der Waals surface area (Å²) in [5.41, 5.74) is 1.39. The van der Waals surface area contributed by atoms with Gasteiger partial charge in [-0.05, 0) is 25.0 Å². The van der Waals surface area contributed by atoms with Crippen LogP contribution in [0, 0.1) is 17.2 Å². The number of rotatable bonds is 4. The third-order valence-electron chi connectivity index (χ3n) is 5.07. The van der Waals surface area contributed by atoms with Crippen molar-refractivity contribution in [3.63, 3.8) is 0 Å². The average Bonchev–Trinajstić information content (AvgIpc) is 3.15. The van der Waals surface area contributed by atoms with E-state index in [-0.39, 0.29) is 11.8 Å². The lowest BCUT2D eigenvalue weighted by Crippen LogP contribution is -2.40. The minimum absolute atomic E-state index is 0.00752. The topological polar surface area (TPSA) is 96.1 Å². The molecule has 1 saturated heterocycles. The summed E-state index contributed by atoms with van der Waals surface area (Å²) in [6.45, 7) is 3.59. The number of carbonyl (C=O) groups is 1. The minimum atomic E-state index is 0.00752. The molecular weight excluding hydrogens is 344 g/mol. The molecular formula is C19H22N6O2. The largest absolute Gasteiger partial charge is 0.478 e. The normalized spacial score (nSPS) is 16.9. The van der Waals surface area contributed by atoms with Gasteiger partial charge in [0, 0.05) is 44.2 Å². The van der Waals surface area contributed by atoms with Crippen molar-refractivity contribution >= 4 is 11.7 Å². The predicted octanol–water partition coefficient (Wildman–Crippen LogP) is 1.47. The van der Waals surface area contributed by atoms with E-state index in [0.717, 1.165) is 62.9 Å². The molecule has 2 aromatic rings. The first kappa shape index (κ1) is 17.3. The van der Waals surface area contributed by atoms with Gasteiger partial charge in [-0.25, -0.2) is 9.67 Å². The van der Waals surface area contributed by atoms with E-state index < -0.39 is 0 Å². The third-order valence-corrected chi connectivity index (χ3v) is 5.07. The minimum Gasteiger partial charge on any atom is -0.478 e. The van der Waals surface area contributed by atoms with Crippen LogP contribution in [-0.2, 0) is 17.9 Å². The number of ether oxygens (including phenoxy) is 1. The summed E-state index contributed by atoms with van der Waals surface area (Å²) in [5, 5.41) is 16.3. The Labute approximate surface area is 157 Å². The lowest BCUT2D eigenvalue weighted by molar-refractivity contribution is -0.125. The monoisotopic (exact) mass is 366 g/mol. The molecule has 2 aliphatic heterocycles. The molecule has 0 aliphatic carbocycles. The SMILES string of the molecule is N#Cc1ccc(N2CCC(C(=O)NCc3cc4n(n3)CCCO4)CC2)nc1. The Morgan fingerprint density at radius 3 is 2.89 bits per heavy atom. The van der Waals surface area contributed by atoms with E-state index in [2.05, 4.69) is 26.4 Å². The van der Waals surface area contributed by atoms with Crippen LogP contribution < -0.4 is 15.0 Å². The van der Waals surface area contributed by atoms with E-state index in [1.165, 1.54) is 0 Å². The molecule has 140 valence electrons. The molecule has 2 aromatic heterocycles. The zero-order valence-electron chi connectivity index (χ0n) is 15.1. The first-order valence-electron chi connectivity index (χ1n) is 9.31. The summed E-state index contributed by atoms with van der Waals surface area (Å²) in [7, 11) is 0. The zero-order valence-corrected chi connectivity index (χ0v) is 15.1. The number of nitriles is 1. The molecule has 8 nitrogen and oxygen atoms in total. The Bertz CT molecular complexity index is 823. The van der Waals surface area contributed by atoms with E-state index >= 15 is 0 Å². The third kappa shape index (κ3) is 3.87. The molecule has 0 saturated carbocycles.